The van der Waals surface area contributed by atoms with E-state index in [0.717, 1.165) is 6.54 Å². The molecule has 1 unspecified atom stereocenters. The first kappa shape index (κ1) is 17.2. The SMILES string of the molecule is Cl.O=C(CC1COCCN1)NCc1c(F)cccc1Cl. The highest BCUT2D eigenvalue weighted by Gasteiger charge is 2.17. The Morgan fingerprint density at radius 3 is 3.00 bits per heavy atom. The van der Waals surface area contributed by atoms with Gasteiger partial charge in [0, 0.05) is 36.1 Å². The van der Waals surface area contributed by atoms with Crippen LogP contribution in [0.15, 0.2) is 18.2 Å². The van der Waals surface area contributed by atoms with Crippen LogP contribution in [0.5, 0.6) is 0 Å². The van der Waals surface area contributed by atoms with Gasteiger partial charge in [0.25, 0.3) is 0 Å². The highest BCUT2D eigenvalue weighted by Crippen LogP contribution is 2.18. The van der Waals surface area contributed by atoms with E-state index < -0.39 is 5.82 Å². The van der Waals surface area contributed by atoms with Crippen LogP contribution in [0.2, 0.25) is 5.02 Å². The first-order chi connectivity index (χ1) is 9.16. The predicted molar refractivity (Wildman–Crippen MR) is 77.7 cm³/mol. The Balaban J connectivity index is 0.00000200. The Labute approximate surface area is 128 Å². The van der Waals surface area contributed by atoms with Crippen molar-refractivity contribution in [3.63, 3.8) is 0 Å². The lowest BCUT2D eigenvalue weighted by Gasteiger charge is -2.23. The average molecular weight is 323 g/mol. The number of benzene rings is 1. The molecule has 0 bridgehead atoms. The third-order valence-electron chi connectivity index (χ3n) is 2.95. The van der Waals surface area contributed by atoms with Gasteiger partial charge in [0.1, 0.15) is 5.82 Å². The van der Waals surface area contributed by atoms with Crippen LogP contribution < -0.4 is 10.6 Å². The highest BCUT2D eigenvalue weighted by molar-refractivity contribution is 6.31. The fourth-order valence-corrected chi connectivity index (χ4v) is 2.16. The van der Waals surface area contributed by atoms with Crippen LogP contribution in [0, 0.1) is 5.82 Å². The molecule has 7 heteroatoms. The monoisotopic (exact) mass is 322 g/mol. The van der Waals surface area contributed by atoms with Gasteiger partial charge >= 0.3 is 0 Å². The highest BCUT2D eigenvalue weighted by atomic mass is 35.5. The molecule has 20 heavy (non-hydrogen) atoms. The number of rotatable bonds is 4. The second-order valence-corrected chi connectivity index (χ2v) is 4.81. The van der Waals surface area contributed by atoms with E-state index in [0.29, 0.717) is 30.2 Å². The van der Waals surface area contributed by atoms with Gasteiger partial charge in [-0.2, -0.15) is 0 Å². The summed E-state index contributed by atoms with van der Waals surface area (Å²) in [6, 6.07) is 4.48. The number of morpholine rings is 1. The number of carbonyl (C=O) groups excluding carboxylic acids is 1. The average Bonchev–Trinajstić information content (AvgIpc) is 2.39. The van der Waals surface area contributed by atoms with Crippen LogP contribution in [0.25, 0.3) is 0 Å². The molecule has 0 spiro atoms. The fourth-order valence-electron chi connectivity index (χ4n) is 1.93. The molecule has 2 N–H and O–H groups in total. The van der Waals surface area contributed by atoms with Crippen molar-refractivity contribution in [2.45, 2.75) is 19.0 Å². The van der Waals surface area contributed by atoms with E-state index in [9.17, 15) is 9.18 Å². The maximum absolute atomic E-state index is 13.5. The Hall–Kier alpha value is -0.880. The van der Waals surface area contributed by atoms with E-state index in [2.05, 4.69) is 10.6 Å². The second kappa shape index (κ2) is 8.42. The molecule has 1 saturated heterocycles. The van der Waals surface area contributed by atoms with E-state index in [1.54, 1.807) is 6.07 Å². The Bertz CT molecular complexity index is 434. The quantitative estimate of drug-likeness (QED) is 0.890. The summed E-state index contributed by atoms with van der Waals surface area (Å²) in [4.78, 5) is 11.7. The van der Waals surface area contributed by atoms with Crippen LogP contribution in [0.1, 0.15) is 12.0 Å². The molecule has 1 atom stereocenters. The summed E-state index contributed by atoms with van der Waals surface area (Å²) in [5.41, 5.74) is 0.311. The van der Waals surface area contributed by atoms with Gasteiger partial charge in [-0.3, -0.25) is 4.79 Å². The van der Waals surface area contributed by atoms with Crippen LogP contribution >= 0.6 is 24.0 Å². The smallest absolute Gasteiger partial charge is 0.221 e. The second-order valence-electron chi connectivity index (χ2n) is 4.41. The lowest BCUT2D eigenvalue weighted by Crippen LogP contribution is -2.44. The van der Waals surface area contributed by atoms with Crippen molar-refractivity contribution < 1.29 is 13.9 Å². The molecule has 0 radical (unpaired) electrons. The lowest BCUT2D eigenvalue weighted by molar-refractivity contribution is -0.122. The molecular weight excluding hydrogens is 306 g/mol. The summed E-state index contributed by atoms with van der Waals surface area (Å²) < 4.78 is 18.8. The number of carbonyl (C=O) groups is 1. The molecule has 2 rings (SSSR count). The molecule has 0 aromatic heterocycles. The van der Waals surface area contributed by atoms with Gasteiger partial charge in [-0.15, -0.1) is 12.4 Å². The number of amides is 1. The van der Waals surface area contributed by atoms with E-state index in [-0.39, 0.29) is 30.9 Å². The van der Waals surface area contributed by atoms with Crippen molar-refractivity contribution in [1.82, 2.24) is 10.6 Å². The van der Waals surface area contributed by atoms with Crippen molar-refractivity contribution in [2.75, 3.05) is 19.8 Å². The van der Waals surface area contributed by atoms with Gasteiger partial charge in [-0.05, 0) is 12.1 Å². The lowest BCUT2D eigenvalue weighted by atomic mass is 10.1. The van der Waals surface area contributed by atoms with Gasteiger partial charge in [-0.25, -0.2) is 4.39 Å². The largest absolute Gasteiger partial charge is 0.378 e. The van der Waals surface area contributed by atoms with E-state index in [1.165, 1.54) is 12.1 Å². The summed E-state index contributed by atoms with van der Waals surface area (Å²) in [7, 11) is 0. The number of nitrogens with one attached hydrogen (secondary N) is 2. The van der Waals surface area contributed by atoms with Crippen LogP contribution in [0.4, 0.5) is 4.39 Å². The molecule has 0 saturated carbocycles. The number of hydrogen-bond donors (Lipinski definition) is 2. The van der Waals surface area contributed by atoms with Crippen molar-refractivity contribution in [2.24, 2.45) is 0 Å². The summed E-state index contributed by atoms with van der Waals surface area (Å²) in [6.45, 7) is 2.03. The fraction of sp³-hybridized carbons (Fsp3) is 0.462. The number of ether oxygens (including phenoxy) is 1. The molecule has 1 fully saturated rings. The molecule has 0 aliphatic carbocycles. The number of hydrogen-bond acceptors (Lipinski definition) is 3. The zero-order valence-corrected chi connectivity index (χ0v) is 12.4. The van der Waals surface area contributed by atoms with Crippen molar-refractivity contribution >= 4 is 29.9 Å². The summed E-state index contributed by atoms with van der Waals surface area (Å²) in [6.07, 6.45) is 0.312. The molecule has 1 amide bonds. The molecule has 112 valence electrons. The molecule has 1 aliphatic rings. The minimum Gasteiger partial charge on any atom is -0.378 e. The van der Waals surface area contributed by atoms with Gasteiger partial charge < -0.3 is 15.4 Å². The van der Waals surface area contributed by atoms with Crippen molar-refractivity contribution in [3.05, 3.63) is 34.6 Å². The van der Waals surface area contributed by atoms with Crippen LogP contribution in [-0.2, 0) is 16.1 Å². The van der Waals surface area contributed by atoms with E-state index in [1.807, 2.05) is 0 Å². The molecule has 4 nitrogen and oxygen atoms in total. The summed E-state index contributed by atoms with van der Waals surface area (Å²) in [5, 5.41) is 6.17. The van der Waals surface area contributed by atoms with Gasteiger partial charge in [0.15, 0.2) is 0 Å². The maximum atomic E-state index is 13.5. The van der Waals surface area contributed by atoms with Crippen LogP contribution in [0.3, 0.4) is 0 Å². The molecule has 1 aromatic rings. The van der Waals surface area contributed by atoms with Crippen LogP contribution in [-0.4, -0.2) is 31.7 Å². The third-order valence-corrected chi connectivity index (χ3v) is 3.31. The zero-order valence-electron chi connectivity index (χ0n) is 10.8. The normalized spacial score (nSPS) is 18.2. The maximum Gasteiger partial charge on any atom is 0.221 e. The van der Waals surface area contributed by atoms with Gasteiger partial charge in [-0.1, -0.05) is 17.7 Å². The minimum atomic E-state index is -0.410. The minimum absolute atomic E-state index is 0. The molecular formula is C13H17Cl2FN2O2. The number of halogens is 3. The molecule has 1 aliphatic heterocycles. The van der Waals surface area contributed by atoms with Crippen molar-refractivity contribution in [3.8, 4) is 0 Å². The van der Waals surface area contributed by atoms with Gasteiger partial charge in [0.2, 0.25) is 5.91 Å². The van der Waals surface area contributed by atoms with E-state index >= 15 is 0 Å². The zero-order chi connectivity index (χ0) is 13.7. The summed E-state index contributed by atoms with van der Waals surface area (Å²) >= 11 is 5.88. The Morgan fingerprint density at radius 1 is 1.55 bits per heavy atom. The van der Waals surface area contributed by atoms with E-state index in [4.69, 9.17) is 16.3 Å². The Morgan fingerprint density at radius 2 is 2.35 bits per heavy atom. The molecule has 1 heterocycles. The predicted octanol–water partition coefficient (Wildman–Crippen LogP) is 1.90. The molecule has 1 aromatic carbocycles. The third kappa shape index (κ3) is 4.90. The standard InChI is InChI=1S/C13H16ClFN2O2.ClH/c14-11-2-1-3-12(15)10(11)7-17-13(18)6-9-8-19-5-4-16-9;/h1-3,9,16H,4-8H2,(H,17,18);1H. The van der Waals surface area contributed by atoms with Gasteiger partial charge in [0.05, 0.1) is 13.2 Å². The Kier molecular flexibility index (Phi) is 7.23. The topological polar surface area (TPSA) is 50.4 Å². The summed E-state index contributed by atoms with van der Waals surface area (Å²) in [5.74, 6) is -0.561. The first-order valence-corrected chi connectivity index (χ1v) is 6.55. The first-order valence-electron chi connectivity index (χ1n) is 6.17. The van der Waals surface area contributed by atoms with Crippen molar-refractivity contribution in [1.29, 1.82) is 0 Å².